The summed E-state index contributed by atoms with van der Waals surface area (Å²) >= 11 is 1.70. The molecule has 0 aliphatic heterocycles. The van der Waals surface area contributed by atoms with Crippen molar-refractivity contribution in [3.05, 3.63) is 75.7 Å². The van der Waals surface area contributed by atoms with Gasteiger partial charge >= 0.3 is 0 Å². The molecule has 0 N–H and O–H groups in total. The van der Waals surface area contributed by atoms with Crippen molar-refractivity contribution in [3.8, 4) is 23.3 Å². The van der Waals surface area contributed by atoms with Crippen molar-refractivity contribution in [1.29, 1.82) is 0 Å². The fourth-order valence-corrected chi connectivity index (χ4v) is 4.62. The summed E-state index contributed by atoms with van der Waals surface area (Å²) in [5.74, 6) is 8.48. The maximum absolute atomic E-state index is 6.32. The van der Waals surface area contributed by atoms with E-state index in [1.807, 2.05) is 43.3 Å². The van der Waals surface area contributed by atoms with Crippen LogP contribution in [0, 0.1) is 18.8 Å². The predicted molar refractivity (Wildman–Crippen MR) is 122 cm³/mol. The van der Waals surface area contributed by atoms with Crippen molar-refractivity contribution in [2.45, 2.75) is 51.0 Å². The maximum atomic E-state index is 6.32. The third kappa shape index (κ3) is 5.23. The molecular formula is C26H27NO2S. The van der Waals surface area contributed by atoms with Gasteiger partial charge in [-0.2, -0.15) is 0 Å². The molecule has 154 valence electrons. The van der Waals surface area contributed by atoms with Gasteiger partial charge in [0.1, 0.15) is 0 Å². The fourth-order valence-electron chi connectivity index (χ4n) is 3.80. The molecule has 0 radical (unpaired) electrons. The highest BCUT2D eigenvalue weighted by Crippen LogP contribution is 2.35. The molecule has 3 aromatic rings. The number of aryl methyl sites for hydroxylation is 1. The normalized spacial score (nSPS) is 14.7. The molecule has 1 atom stereocenters. The van der Waals surface area contributed by atoms with Gasteiger partial charge in [-0.25, -0.2) is 4.98 Å². The molecule has 0 spiro atoms. The molecule has 1 aromatic heterocycles. The van der Waals surface area contributed by atoms with Gasteiger partial charge in [0.25, 0.3) is 0 Å². The first-order valence-corrected chi connectivity index (χ1v) is 11.4. The van der Waals surface area contributed by atoms with Crippen molar-refractivity contribution >= 4 is 11.3 Å². The van der Waals surface area contributed by atoms with Gasteiger partial charge in [0, 0.05) is 23.1 Å². The van der Waals surface area contributed by atoms with E-state index in [4.69, 9.17) is 9.47 Å². The minimum atomic E-state index is 0.0348. The Balaban J connectivity index is 1.65. The third-order valence-electron chi connectivity index (χ3n) is 5.40. The van der Waals surface area contributed by atoms with Gasteiger partial charge in [0.2, 0.25) is 0 Å². The Morgan fingerprint density at radius 1 is 1.10 bits per heavy atom. The second-order valence-electron chi connectivity index (χ2n) is 7.71. The zero-order valence-electron chi connectivity index (χ0n) is 17.6. The number of ether oxygens (including phenoxy) is 2. The van der Waals surface area contributed by atoms with E-state index in [-0.39, 0.29) is 12.0 Å². The summed E-state index contributed by atoms with van der Waals surface area (Å²) in [6.45, 7) is 2.03. The lowest BCUT2D eigenvalue weighted by Crippen LogP contribution is -2.12. The summed E-state index contributed by atoms with van der Waals surface area (Å²) in [5.41, 5.74) is 3.22. The molecule has 1 aliphatic rings. The highest BCUT2D eigenvalue weighted by atomic mass is 32.1. The number of aromatic nitrogens is 1. The molecule has 1 aliphatic carbocycles. The van der Waals surface area contributed by atoms with Crippen LogP contribution in [0.1, 0.15) is 53.4 Å². The van der Waals surface area contributed by atoms with Crippen LogP contribution in [-0.4, -0.2) is 18.2 Å². The van der Waals surface area contributed by atoms with Gasteiger partial charge in [-0.15, -0.1) is 11.3 Å². The highest BCUT2D eigenvalue weighted by molar-refractivity contribution is 7.09. The molecule has 1 heterocycles. The van der Waals surface area contributed by atoms with Crippen molar-refractivity contribution < 1.29 is 9.47 Å². The van der Waals surface area contributed by atoms with Gasteiger partial charge in [-0.1, -0.05) is 36.1 Å². The average Bonchev–Trinajstić information content (AvgIpc) is 3.43. The summed E-state index contributed by atoms with van der Waals surface area (Å²) in [5, 5.41) is 3.20. The molecule has 4 rings (SSSR count). The van der Waals surface area contributed by atoms with Gasteiger partial charge in [0.05, 0.1) is 24.1 Å². The zero-order chi connectivity index (χ0) is 20.8. The van der Waals surface area contributed by atoms with Crippen LogP contribution >= 0.6 is 11.3 Å². The van der Waals surface area contributed by atoms with E-state index in [0.717, 1.165) is 52.6 Å². The molecule has 1 fully saturated rings. The Labute approximate surface area is 183 Å². The number of hydrogen-bond donors (Lipinski definition) is 0. The monoisotopic (exact) mass is 417 g/mol. The summed E-state index contributed by atoms with van der Waals surface area (Å²) < 4.78 is 11.9. The molecule has 1 saturated carbocycles. The van der Waals surface area contributed by atoms with Gasteiger partial charge in [-0.05, 0) is 62.4 Å². The number of methoxy groups -OCH3 is 1. The van der Waals surface area contributed by atoms with E-state index >= 15 is 0 Å². The molecule has 0 amide bonds. The van der Waals surface area contributed by atoms with Gasteiger partial charge in [-0.3, -0.25) is 0 Å². The summed E-state index contributed by atoms with van der Waals surface area (Å²) in [4.78, 5) is 4.67. The minimum absolute atomic E-state index is 0.0348. The lowest BCUT2D eigenvalue weighted by atomic mass is 9.95. The smallest absolute Gasteiger partial charge is 0.161 e. The summed E-state index contributed by atoms with van der Waals surface area (Å²) in [6.07, 6.45) is 5.77. The minimum Gasteiger partial charge on any atom is -0.493 e. The second kappa shape index (κ2) is 9.82. The van der Waals surface area contributed by atoms with Crippen LogP contribution in [0.3, 0.4) is 0 Å². The Morgan fingerprint density at radius 2 is 1.90 bits per heavy atom. The molecule has 30 heavy (non-hydrogen) atoms. The largest absolute Gasteiger partial charge is 0.493 e. The topological polar surface area (TPSA) is 31.4 Å². The zero-order valence-corrected chi connectivity index (χ0v) is 18.4. The summed E-state index contributed by atoms with van der Waals surface area (Å²) in [7, 11) is 1.70. The third-order valence-corrected chi connectivity index (χ3v) is 6.38. The number of nitrogens with zero attached hydrogens (tertiary/aromatic N) is 1. The second-order valence-corrected chi connectivity index (χ2v) is 8.65. The number of hydrogen-bond acceptors (Lipinski definition) is 4. The van der Waals surface area contributed by atoms with Gasteiger partial charge < -0.3 is 9.47 Å². The average molecular weight is 418 g/mol. The standard InChI is InChI=1S/C26H27NO2S/c1-19-18-30-26(27-19)17-22(13-12-20-8-4-3-5-9-20)21-14-15-24(28-2)25(16-21)29-23-10-6-7-11-23/h3-5,8-9,14-16,18,22-23H,6-7,10-11,17H2,1-2H3. The van der Waals surface area contributed by atoms with Crippen LogP contribution in [0.25, 0.3) is 0 Å². The van der Waals surface area contributed by atoms with Crippen LogP contribution in [0.15, 0.2) is 53.9 Å². The molecule has 3 nitrogen and oxygen atoms in total. The first-order chi connectivity index (χ1) is 14.7. The summed E-state index contributed by atoms with van der Waals surface area (Å²) in [6, 6.07) is 16.4. The van der Waals surface area contributed by atoms with Crippen molar-refractivity contribution in [2.75, 3.05) is 7.11 Å². The fraction of sp³-hybridized carbons (Fsp3) is 0.346. The lowest BCUT2D eigenvalue weighted by Gasteiger charge is -2.18. The van der Waals surface area contributed by atoms with Crippen molar-refractivity contribution in [3.63, 3.8) is 0 Å². The van der Waals surface area contributed by atoms with E-state index in [1.165, 1.54) is 12.8 Å². The van der Waals surface area contributed by atoms with Crippen LogP contribution in [0.4, 0.5) is 0 Å². The van der Waals surface area contributed by atoms with Crippen molar-refractivity contribution in [2.24, 2.45) is 0 Å². The Morgan fingerprint density at radius 3 is 2.60 bits per heavy atom. The number of rotatable bonds is 6. The van der Waals surface area contributed by atoms with Crippen LogP contribution in [-0.2, 0) is 6.42 Å². The van der Waals surface area contributed by atoms with E-state index in [2.05, 4.69) is 34.3 Å². The molecule has 2 aromatic carbocycles. The van der Waals surface area contributed by atoms with E-state index in [9.17, 15) is 0 Å². The molecule has 1 unspecified atom stereocenters. The Hall–Kier alpha value is -2.77. The molecule has 0 saturated heterocycles. The Kier molecular flexibility index (Phi) is 6.71. The molecule has 4 heteroatoms. The van der Waals surface area contributed by atoms with Crippen LogP contribution < -0.4 is 9.47 Å². The molecule has 0 bridgehead atoms. The first kappa shape index (κ1) is 20.5. The number of thiazole rings is 1. The van der Waals surface area contributed by atoms with Crippen LogP contribution in [0.2, 0.25) is 0 Å². The van der Waals surface area contributed by atoms with Gasteiger partial charge in [0.15, 0.2) is 11.5 Å². The maximum Gasteiger partial charge on any atom is 0.161 e. The first-order valence-electron chi connectivity index (χ1n) is 10.5. The lowest BCUT2D eigenvalue weighted by molar-refractivity contribution is 0.200. The number of benzene rings is 2. The molecular weight excluding hydrogens is 390 g/mol. The van der Waals surface area contributed by atoms with E-state index in [1.54, 1.807) is 18.4 Å². The van der Waals surface area contributed by atoms with E-state index < -0.39 is 0 Å². The quantitative estimate of drug-likeness (QED) is 0.450. The Bertz CT molecular complexity index is 1030. The predicted octanol–water partition coefficient (Wildman–Crippen LogP) is 6.16. The van der Waals surface area contributed by atoms with Crippen molar-refractivity contribution in [1.82, 2.24) is 4.98 Å². The highest BCUT2D eigenvalue weighted by Gasteiger charge is 2.20. The van der Waals surface area contributed by atoms with Crippen LogP contribution in [0.5, 0.6) is 11.5 Å². The SMILES string of the molecule is COc1ccc(C(C#Cc2ccccc2)Cc2nc(C)cs2)cc1OC1CCCC1. The van der Waals surface area contributed by atoms with E-state index in [0.29, 0.717) is 0 Å².